The maximum Gasteiger partial charge on any atom is 0.141 e. The monoisotopic (exact) mass is 268 g/mol. The first-order valence-electron chi connectivity index (χ1n) is 6.76. The van der Waals surface area contributed by atoms with Gasteiger partial charge in [-0.25, -0.2) is 9.37 Å². The molecule has 2 nitrogen and oxygen atoms in total. The Morgan fingerprint density at radius 2 is 2.17 bits per heavy atom. The summed E-state index contributed by atoms with van der Waals surface area (Å²) in [7, 11) is 0. The molecule has 2 atom stereocenters. The van der Waals surface area contributed by atoms with Crippen molar-refractivity contribution in [2.24, 2.45) is 5.92 Å². The quantitative estimate of drug-likeness (QED) is 0.760. The fourth-order valence-electron chi connectivity index (χ4n) is 3.55. The lowest BCUT2D eigenvalue weighted by Crippen LogP contribution is -2.43. The summed E-state index contributed by atoms with van der Waals surface area (Å²) < 4.78 is 13.2. The first kappa shape index (κ1) is 12.2. The van der Waals surface area contributed by atoms with E-state index < -0.39 is 0 Å². The van der Waals surface area contributed by atoms with Gasteiger partial charge < -0.3 is 4.90 Å². The van der Waals surface area contributed by atoms with Crippen molar-refractivity contribution in [3.05, 3.63) is 23.6 Å². The van der Waals surface area contributed by atoms with Gasteiger partial charge in [-0.3, -0.25) is 0 Å². The average Bonchev–Trinajstić information content (AvgIpc) is 2.86. The zero-order valence-electron chi connectivity index (χ0n) is 10.4. The largest absolute Gasteiger partial charge is 0.353 e. The van der Waals surface area contributed by atoms with Crippen molar-refractivity contribution < 1.29 is 4.39 Å². The molecule has 0 spiro atoms. The van der Waals surface area contributed by atoms with Crippen molar-refractivity contribution in [1.82, 2.24) is 4.98 Å². The zero-order chi connectivity index (χ0) is 12.5. The van der Waals surface area contributed by atoms with Crippen LogP contribution in [0.3, 0.4) is 0 Å². The van der Waals surface area contributed by atoms with E-state index in [0.29, 0.717) is 11.9 Å². The highest BCUT2D eigenvalue weighted by molar-refractivity contribution is 6.17. The number of aromatic nitrogens is 1. The van der Waals surface area contributed by atoms with E-state index in [1.54, 1.807) is 0 Å². The van der Waals surface area contributed by atoms with Crippen LogP contribution in [0.15, 0.2) is 12.3 Å². The van der Waals surface area contributed by atoms with Crippen LogP contribution in [0.4, 0.5) is 10.2 Å². The summed E-state index contributed by atoms with van der Waals surface area (Å²) in [5.41, 5.74) is 0.823. The van der Waals surface area contributed by atoms with Crippen LogP contribution in [-0.2, 0) is 5.88 Å². The summed E-state index contributed by atoms with van der Waals surface area (Å²) in [5, 5.41) is 0. The van der Waals surface area contributed by atoms with Crippen LogP contribution >= 0.6 is 11.6 Å². The summed E-state index contributed by atoms with van der Waals surface area (Å²) in [5.74, 6) is 1.74. The second-order valence-corrected chi connectivity index (χ2v) is 5.63. The maximum atomic E-state index is 13.2. The number of halogens is 2. The van der Waals surface area contributed by atoms with E-state index in [1.165, 1.54) is 44.4 Å². The second-order valence-electron chi connectivity index (χ2n) is 5.36. The molecule has 0 amide bonds. The Hall–Kier alpha value is -0.830. The standard InChI is InChI=1S/C14H18ClFN2/c15-8-11-7-12(16)9-17-14(11)18-6-2-4-10-3-1-5-13(10)18/h7,9-10,13H,1-6,8H2. The van der Waals surface area contributed by atoms with Crippen LogP contribution in [0.1, 0.15) is 37.7 Å². The summed E-state index contributed by atoms with van der Waals surface area (Å²) in [6.45, 7) is 1.03. The van der Waals surface area contributed by atoms with E-state index in [0.717, 1.165) is 23.8 Å². The average molecular weight is 269 g/mol. The van der Waals surface area contributed by atoms with Gasteiger partial charge in [0.1, 0.15) is 11.6 Å². The lowest BCUT2D eigenvalue weighted by Gasteiger charge is -2.39. The van der Waals surface area contributed by atoms with E-state index in [1.807, 2.05) is 0 Å². The Labute approximate surface area is 112 Å². The molecule has 2 fully saturated rings. The number of anilines is 1. The van der Waals surface area contributed by atoms with Crippen LogP contribution in [0.5, 0.6) is 0 Å². The predicted octanol–water partition coefficient (Wildman–Crippen LogP) is 3.73. The molecule has 4 heteroatoms. The minimum absolute atomic E-state index is 0.297. The normalized spacial score (nSPS) is 27.3. The molecular weight excluding hydrogens is 251 g/mol. The highest BCUT2D eigenvalue weighted by Gasteiger charge is 2.36. The molecule has 1 aromatic heterocycles. The van der Waals surface area contributed by atoms with Gasteiger partial charge in [0.15, 0.2) is 0 Å². The predicted molar refractivity (Wildman–Crippen MR) is 71.5 cm³/mol. The molecule has 0 aromatic carbocycles. The van der Waals surface area contributed by atoms with Crippen LogP contribution in [-0.4, -0.2) is 17.6 Å². The Kier molecular flexibility index (Phi) is 3.42. The molecule has 1 aliphatic heterocycles. The van der Waals surface area contributed by atoms with Crippen molar-refractivity contribution in [2.75, 3.05) is 11.4 Å². The zero-order valence-corrected chi connectivity index (χ0v) is 11.2. The van der Waals surface area contributed by atoms with Crippen molar-refractivity contribution >= 4 is 17.4 Å². The molecule has 0 bridgehead atoms. The van der Waals surface area contributed by atoms with Gasteiger partial charge in [0.05, 0.1) is 12.1 Å². The van der Waals surface area contributed by atoms with Gasteiger partial charge in [0, 0.05) is 18.2 Å². The molecule has 98 valence electrons. The lowest BCUT2D eigenvalue weighted by atomic mass is 9.91. The molecule has 2 unspecified atom stereocenters. The molecule has 2 aliphatic rings. The summed E-state index contributed by atoms with van der Waals surface area (Å²) in [4.78, 5) is 6.67. The molecule has 18 heavy (non-hydrogen) atoms. The van der Waals surface area contributed by atoms with Gasteiger partial charge in [0.2, 0.25) is 0 Å². The van der Waals surface area contributed by atoms with E-state index in [9.17, 15) is 4.39 Å². The van der Waals surface area contributed by atoms with Crippen molar-refractivity contribution in [2.45, 2.75) is 44.0 Å². The van der Waals surface area contributed by atoms with Crippen molar-refractivity contribution in [3.63, 3.8) is 0 Å². The van der Waals surface area contributed by atoms with Crippen LogP contribution in [0, 0.1) is 11.7 Å². The van der Waals surface area contributed by atoms with Gasteiger partial charge in [-0.15, -0.1) is 11.6 Å². The Morgan fingerprint density at radius 3 is 3.00 bits per heavy atom. The lowest BCUT2D eigenvalue weighted by molar-refractivity contribution is 0.360. The first-order chi connectivity index (χ1) is 8.79. The molecule has 1 aliphatic carbocycles. The van der Waals surface area contributed by atoms with Crippen molar-refractivity contribution in [1.29, 1.82) is 0 Å². The Morgan fingerprint density at radius 1 is 1.33 bits per heavy atom. The molecule has 1 aromatic rings. The minimum atomic E-state index is -0.297. The highest BCUT2D eigenvalue weighted by atomic mass is 35.5. The minimum Gasteiger partial charge on any atom is -0.353 e. The van der Waals surface area contributed by atoms with Crippen LogP contribution in [0.25, 0.3) is 0 Å². The van der Waals surface area contributed by atoms with Gasteiger partial charge in [-0.05, 0) is 37.7 Å². The summed E-state index contributed by atoms with van der Waals surface area (Å²) in [6, 6.07) is 2.12. The fourth-order valence-corrected chi connectivity index (χ4v) is 3.74. The number of hydrogen-bond donors (Lipinski definition) is 0. The Bertz CT molecular complexity index is 438. The third-order valence-corrected chi connectivity index (χ3v) is 4.61. The van der Waals surface area contributed by atoms with Crippen molar-refractivity contribution in [3.8, 4) is 0 Å². The van der Waals surface area contributed by atoms with Gasteiger partial charge in [-0.2, -0.15) is 0 Å². The number of piperidine rings is 1. The van der Waals surface area contributed by atoms with Crippen LogP contribution in [0.2, 0.25) is 0 Å². The van der Waals surface area contributed by atoms with Gasteiger partial charge in [-0.1, -0.05) is 6.42 Å². The third-order valence-electron chi connectivity index (χ3n) is 4.32. The number of pyridine rings is 1. The first-order valence-corrected chi connectivity index (χ1v) is 7.30. The molecule has 2 heterocycles. The summed E-state index contributed by atoms with van der Waals surface area (Å²) >= 11 is 5.93. The molecule has 0 radical (unpaired) electrons. The molecular formula is C14H18ClFN2. The van der Waals surface area contributed by atoms with Gasteiger partial charge in [0.25, 0.3) is 0 Å². The van der Waals surface area contributed by atoms with Gasteiger partial charge >= 0.3 is 0 Å². The molecule has 0 N–H and O–H groups in total. The fraction of sp³-hybridized carbons (Fsp3) is 0.643. The summed E-state index contributed by atoms with van der Waals surface area (Å²) in [6.07, 6.45) is 7.73. The van der Waals surface area contributed by atoms with E-state index in [2.05, 4.69) is 9.88 Å². The maximum absolute atomic E-state index is 13.2. The topological polar surface area (TPSA) is 16.1 Å². The van der Waals surface area contributed by atoms with E-state index in [4.69, 9.17) is 11.6 Å². The SMILES string of the molecule is Fc1cnc(N2CCCC3CCCC32)c(CCl)c1. The number of alkyl halides is 1. The van der Waals surface area contributed by atoms with E-state index in [-0.39, 0.29) is 5.82 Å². The smallest absolute Gasteiger partial charge is 0.141 e. The molecule has 3 rings (SSSR count). The third kappa shape index (κ3) is 2.09. The highest BCUT2D eigenvalue weighted by Crippen LogP contribution is 2.39. The number of hydrogen-bond acceptors (Lipinski definition) is 2. The number of fused-ring (bicyclic) bond motifs is 1. The van der Waals surface area contributed by atoms with Crippen LogP contribution < -0.4 is 4.90 Å². The van der Waals surface area contributed by atoms with E-state index >= 15 is 0 Å². The Balaban J connectivity index is 1.93. The number of rotatable bonds is 2. The second kappa shape index (κ2) is 5.04. The molecule has 1 saturated heterocycles. The number of nitrogens with zero attached hydrogens (tertiary/aromatic N) is 2. The molecule has 1 saturated carbocycles.